The van der Waals surface area contributed by atoms with Crippen molar-refractivity contribution < 1.29 is 19.4 Å². The summed E-state index contributed by atoms with van der Waals surface area (Å²) < 4.78 is 7.28. The van der Waals surface area contributed by atoms with Gasteiger partial charge in [-0.05, 0) is 66.9 Å². The highest BCUT2D eigenvalue weighted by atomic mass is 32.2. The number of carboxylic acid groups (broad SMARTS) is 1. The number of ether oxygens (including phenoxy) is 1. The molecule has 1 heterocycles. The van der Waals surface area contributed by atoms with Gasteiger partial charge in [-0.3, -0.25) is 4.79 Å². The van der Waals surface area contributed by atoms with Gasteiger partial charge in [0.15, 0.2) is 5.69 Å². The zero-order chi connectivity index (χ0) is 29.9. The number of aromatic carboxylic acids is 1. The van der Waals surface area contributed by atoms with E-state index in [1.165, 1.54) is 0 Å². The zero-order valence-electron chi connectivity index (χ0n) is 25.7. The van der Waals surface area contributed by atoms with Gasteiger partial charge in [0.1, 0.15) is 11.4 Å². The molecule has 38 heavy (non-hydrogen) atoms. The van der Waals surface area contributed by atoms with Gasteiger partial charge in [-0.2, -0.15) is 11.8 Å². The summed E-state index contributed by atoms with van der Waals surface area (Å²) >= 11 is 1.77. The fraction of sp³-hybridized carbons (Fsp3) is 0.645. The molecular weight excluding hydrogens is 496 g/mol. The molecule has 0 bridgehead atoms. The molecule has 6 nitrogen and oxygen atoms in total. The third-order valence-corrected chi connectivity index (χ3v) is 6.35. The minimum Gasteiger partial charge on any atom is -0.476 e. The Balaban J connectivity index is 0. The number of hydrogen-bond donors (Lipinski definition) is 1. The van der Waals surface area contributed by atoms with Gasteiger partial charge in [0.05, 0.1) is 6.42 Å². The fourth-order valence-corrected chi connectivity index (χ4v) is 4.33. The standard InChI is InChI=1S/C15H24N2O2.C13H24O2S.C3H4/c1-5-7-8-10-17-12(4)13(15(18)19)16-14(17)11(3)9-6-2;1-7-8-9-16-13(5,6)10-11(14)15-12(2,3)4;1-3-2/h9H,5-8,10H2,1-4H3,(H,18,19);7-8H,9-10H2,1-6H3;1H,2H3/b11-9+;8-7-;. The average Bonchev–Trinajstić information content (AvgIpc) is 3.10. The summed E-state index contributed by atoms with van der Waals surface area (Å²) in [5.74, 6) is 2.92. The van der Waals surface area contributed by atoms with Crippen molar-refractivity contribution in [2.24, 2.45) is 0 Å². The van der Waals surface area contributed by atoms with Gasteiger partial charge in [0.2, 0.25) is 0 Å². The van der Waals surface area contributed by atoms with Crippen LogP contribution in [0.15, 0.2) is 18.2 Å². The SMILES string of the molecule is C#CC.C/C=C\CSC(C)(C)CC(=O)OC(C)(C)C.CC/C=C(\C)c1nc(C(=O)O)c(C)n1CCCCC. The maximum atomic E-state index is 11.7. The molecular formula is C31H52N2O4S. The number of carbonyl (C=O) groups is 2. The van der Waals surface area contributed by atoms with Crippen molar-refractivity contribution in [2.75, 3.05) is 5.75 Å². The van der Waals surface area contributed by atoms with Crippen LogP contribution >= 0.6 is 11.8 Å². The quantitative estimate of drug-likeness (QED) is 0.122. The van der Waals surface area contributed by atoms with Crippen LogP contribution in [0, 0.1) is 19.3 Å². The first-order valence-corrected chi connectivity index (χ1v) is 14.4. The third-order valence-electron chi connectivity index (χ3n) is 5.07. The van der Waals surface area contributed by atoms with Gasteiger partial charge in [-0.1, -0.05) is 58.8 Å². The molecule has 1 aromatic rings. The van der Waals surface area contributed by atoms with Gasteiger partial charge in [-0.15, -0.1) is 12.3 Å². The first kappa shape index (κ1) is 37.7. The van der Waals surface area contributed by atoms with Gasteiger partial charge in [0, 0.05) is 22.7 Å². The van der Waals surface area contributed by atoms with E-state index in [0.29, 0.717) is 6.42 Å². The molecule has 1 N–H and O–H groups in total. The van der Waals surface area contributed by atoms with E-state index in [-0.39, 0.29) is 22.0 Å². The van der Waals surface area contributed by atoms with Crippen LogP contribution in [0.25, 0.3) is 5.57 Å². The number of hydrogen-bond acceptors (Lipinski definition) is 5. The predicted octanol–water partition coefficient (Wildman–Crippen LogP) is 8.34. The molecule has 0 aliphatic carbocycles. The molecule has 216 valence electrons. The van der Waals surface area contributed by atoms with E-state index in [2.05, 4.69) is 57.2 Å². The molecule has 0 aliphatic heterocycles. The highest BCUT2D eigenvalue weighted by molar-refractivity contribution is 8.00. The van der Waals surface area contributed by atoms with E-state index in [1.54, 1.807) is 18.7 Å². The van der Waals surface area contributed by atoms with Crippen molar-refractivity contribution in [3.05, 3.63) is 35.4 Å². The lowest BCUT2D eigenvalue weighted by Crippen LogP contribution is -2.29. The van der Waals surface area contributed by atoms with Crippen molar-refractivity contribution >= 4 is 29.3 Å². The van der Waals surface area contributed by atoms with Crippen LogP contribution in [0.2, 0.25) is 0 Å². The van der Waals surface area contributed by atoms with Crippen molar-refractivity contribution in [1.82, 2.24) is 9.55 Å². The zero-order valence-corrected chi connectivity index (χ0v) is 26.6. The summed E-state index contributed by atoms with van der Waals surface area (Å²) in [6.07, 6.45) is 15.5. The molecule has 1 rings (SSSR count). The highest BCUT2D eigenvalue weighted by Gasteiger charge is 2.26. The summed E-state index contributed by atoms with van der Waals surface area (Å²) in [6.45, 7) is 22.4. The number of carbonyl (C=O) groups excluding carboxylic acids is 1. The molecule has 0 radical (unpaired) electrons. The van der Waals surface area contributed by atoms with Gasteiger partial charge < -0.3 is 14.4 Å². The normalized spacial score (nSPS) is 11.7. The van der Waals surface area contributed by atoms with Gasteiger partial charge in [0.25, 0.3) is 0 Å². The fourth-order valence-electron chi connectivity index (χ4n) is 3.37. The third kappa shape index (κ3) is 17.1. The van der Waals surface area contributed by atoms with Crippen molar-refractivity contribution in [3.63, 3.8) is 0 Å². The summed E-state index contributed by atoms with van der Waals surface area (Å²) in [4.78, 5) is 27.2. The maximum absolute atomic E-state index is 11.7. The number of rotatable bonds is 12. The molecule has 1 aromatic heterocycles. The molecule has 0 saturated carbocycles. The second-order valence-electron chi connectivity index (χ2n) is 10.5. The Morgan fingerprint density at radius 2 is 1.76 bits per heavy atom. The van der Waals surface area contributed by atoms with Crippen LogP contribution in [0.4, 0.5) is 0 Å². The molecule has 0 saturated heterocycles. The number of nitrogens with zero attached hydrogens (tertiary/aromatic N) is 2. The van der Waals surface area contributed by atoms with Crippen LogP contribution in [0.3, 0.4) is 0 Å². The predicted molar refractivity (Wildman–Crippen MR) is 164 cm³/mol. The number of imidazole rings is 1. The monoisotopic (exact) mass is 548 g/mol. The summed E-state index contributed by atoms with van der Waals surface area (Å²) in [5, 5.41) is 9.19. The van der Waals surface area contributed by atoms with Crippen LogP contribution in [-0.4, -0.2) is 42.7 Å². The van der Waals surface area contributed by atoms with E-state index >= 15 is 0 Å². The number of carboxylic acids is 1. The maximum Gasteiger partial charge on any atom is 0.356 e. The Morgan fingerprint density at radius 1 is 1.18 bits per heavy atom. The van der Waals surface area contributed by atoms with Crippen LogP contribution in [0.1, 0.15) is 123 Å². The largest absolute Gasteiger partial charge is 0.476 e. The minimum atomic E-state index is -0.947. The lowest BCUT2D eigenvalue weighted by Gasteiger charge is -2.25. The molecule has 7 heteroatoms. The Labute approximate surface area is 236 Å². The number of allylic oxidation sites excluding steroid dienone is 3. The lowest BCUT2D eigenvalue weighted by atomic mass is 10.1. The summed E-state index contributed by atoms with van der Waals surface area (Å²) in [7, 11) is 0. The van der Waals surface area contributed by atoms with E-state index in [0.717, 1.165) is 55.1 Å². The van der Waals surface area contributed by atoms with Crippen LogP contribution in [-0.2, 0) is 16.1 Å². The topological polar surface area (TPSA) is 81.4 Å². The number of thioether (sulfide) groups is 1. The number of unbranched alkanes of at least 4 members (excludes halogenated alkanes) is 2. The second kappa shape index (κ2) is 19.6. The Bertz CT molecular complexity index is 944. The van der Waals surface area contributed by atoms with Crippen molar-refractivity contribution in [2.45, 2.75) is 125 Å². The first-order chi connectivity index (χ1) is 17.6. The van der Waals surface area contributed by atoms with Crippen LogP contribution < -0.4 is 0 Å². The molecule has 0 amide bonds. The molecule has 0 atom stereocenters. The van der Waals surface area contributed by atoms with Gasteiger partial charge >= 0.3 is 11.9 Å². The van der Waals surface area contributed by atoms with E-state index in [1.807, 2.05) is 52.2 Å². The second-order valence-corrected chi connectivity index (χ2v) is 12.2. The Morgan fingerprint density at radius 3 is 2.21 bits per heavy atom. The highest BCUT2D eigenvalue weighted by Crippen LogP contribution is 2.29. The average molecular weight is 549 g/mol. The summed E-state index contributed by atoms with van der Waals surface area (Å²) in [6, 6.07) is 0. The summed E-state index contributed by atoms with van der Waals surface area (Å²) in [5.41, 5.74) is 1.59. The van der Waals surface area contributed by atoms with E-state index < -0.39 is 5.97 Å². The molecule has 0 aromatic carbocycles. The lowest BCUT2D eigenvalue weighted by molar-refractivity contribution is -0.155. The Hall–Kier alpha value is -2.46. The molecule has 0 aliphatic rings. The van der Waals surface area contributed by atoms with Crippen molar-refractivity contribution in [3.8, 4) is 12.3 Å². The first-order valence-electron chi connectivity index (χ1n) is 13.4. The minimum absolute atomic E-state index is 0.0676. The van der Waals surface area contributed by atoms with Crippen molar-refractivity contribution in [1.29, 1.82) is 0 Å². The number of terminal acetylenes is 1. The smallest absolute Gasteiger partial charge is 0.356 e. The van der Waals surface area contributed by atoms with Crippen LogP contribution in [0.5, 0.6) is 0 Å². The molecule has 0 fully saturated rings. The molecule has 0 spiro atoms. The Kier molecular flexibility index (Phi) is 19.4. The van der Waals surface area contributed by atoms with E-state index in [4.69, 9.17) is 4.74 Å². The molecule has 0 unspecified atom stereocenters. The number of esters is 1. The van der Waals surface area contributed by atoms with E-state index in [9.17, 15) is 14.7 Å². The van der Waals surface area contributed by atoms with Gasteiger partial charge in [-0.25, -0.2) is 9.78 Å². The number of aromatic nitrogens is 2.